The van der Waals surface area contributed by atoms with E-state index in [1.807, 2.05) is 24.3 Å². The van der Waals surface area contributed by atoms with Crippen molar-refractivity contribution in [2.24, 2.45) is 10.7 Å². The molecule has 1 atom stereocenters. The second kappa shape index (κ2) is 7.79. The number of nitrogens with one attached hydrogen (secondary N) is 1. The van der Waals surface area contributed by atoms with Crippen molar-refractivity contribution in [3.63, 3.8) is 0 Å². The molecule has 1 saturated heterocycles. The molecule has 1 fully saturated rings. The monoisotopic (exact) mass is 304 g/mol. The van der Waals surface area contributed by atoms with Gasteiger partial charge in [-0.05, 0) is 30.5 Å². The Balaban J connectivity index is 1.82. The largest absolute Gasteiger partial charge is 0.376 e. The van der Waals surface area contributed by atoms with Crippen LogP contribution in [0.25, 0.3) is 0 Å². The number of aliphatic imine (C=N–C) groups is 1. The van der Waals surface area contributed by atoms with Crippen LogP contribution in [0.5, 0.6) is 0 Å². The van der Waals surface area contributed by atoms with Crippen LogP contribution >= 0.6 is 0 Å². The van der Waals surface area contributed by atoms with Gasteiger partial charge in [-0.3, -0.25) is 4.79 Å². The van der Waals surface area contributed by atoms with Crippen LogP contribution in [0.2, 0.25) is 0 Å². The number of nitrogens with two attached hydrogens (primary N) is 1. The maximum Gasteiger partial charge on any atom is 0.253 e. The van der Waals surface area contributed by atoms with Crippen molar-refractivity contribution >= 4 is 11.9 Å². The van der Waals surface area contributed by atoms with Gasteiger partial charge in [0.1, 0.15) is 0 Å². The Morgan fingerprint density at radius 2 is 2.14 bits per heavy atom. The molecule has 1 aromatic rings. The number of carbonyl (C=O) groups is 1. The molecule has 3 N–H and O–H groups in total. The second-order valence-electron chi connectivity index (χ2n) is 5.61. The molecule has 1 heterocycles. The zero-order valence-corrected chi connectivity index (χ0v) is 13.2. The van der Waals surface area contributed by atoms with Crippen LogP contribution in [0.15, 0.2) is 29.3 Å². The predicted octanol–water partition coefficient (Wildman–Crippen LogP) is 0.972. The average Bonchev–Trinajstić information content (AvgIpc) is 3.04. The van der Waals surface area contributed by atoms with E-state index >= 15 is 0 Å². The summed E-state index contributed by atoms with van der Waals surface area (Å²) in [6, 6.07) is 7.41. The van der Waals surface area contributed by atoms with Crippen LogP contribution in [0.4, 0.5) is 0 Å². The van der Waals surface area contributed by atoms with Crippen molar-refractivity contribution in [3.05, 3.63) is 35.4 Å². The molecule has 1 unspecified atom stereocenters. The lowest BCUT2D eigenvalue weighted by Crippen LogP contribution is -2.37. The quantitative estimate of drug-likeness (QED) is 0.627. The van der Waals surface area contributed by atoms with Gasteiger partial charge in [0.2, 0.25) is 0 Å². The third kappa shape index (κ3) is 4.73. The molecule has 0 saturated carbocycles. The third-order valence-electron chi connectivity index (χ3n) is 3.57. The summed E-state index contributed by atoms with van der Waals surface area (Å²) in [5.74, 6) is 0.414. The summed E-state index contributed by atoms with van der Waals surface area (Å²) in [7, 11) is 3.47. The Kier molecular flexibility index (Phi) is 5.77. The second-order valence-corrected chi connectivity index (χ2v) is 5.61. The van der Waals surface area contributed by atoms with Crippen molar-refractivity contribution in [1.82, 2.24) is 10.2 Å². The Hall–Kier alpha value is -2.08. The van der Waals surface area contributed by atoms with E-state index < -0.39 is 0 Å². The Morgan fingerprint density at radius 1 is 1.41 bits per heavy atom. The minimum atomic E-state index is -0.00667. The smallest absolute Gasteiger partial charge is 0.253 e. The zero-order valence-electron chi connectivity index (χ0n) is 13.2. The minimum absolute atomic E-state index is 0.00667. The van der Waals surface area contributed by atoms with Gasteiger partial charge in [-0.1, -0.05) is 12.1 Å². The number of hydrogen-bond donors (Lipinski definition) is 2. The number of benzene rings is 1. The number of amides is 1. The van der Waals surface area contributed by atoms with Gasteiger partial charge in [0, 0.05) is 32.8 Å². The Morgan fingerprint density at radius 3 is 2.73 bits per heavy atom. The van der Waals surface area contributed by atoms with Crippen LogP contribution in [-0.4, -0.2) is 50.1 Å². The minimum Gasteiger partial charge on any atom is -0.376 e. The highest BCUT2D eigenvalue weighted by molar-refractivity contribution is 5.93. The van der Waals surface area contributed by atoms with Crippen molar-refractivity contribution in [2.75, 3.05) is 27.2 Å². The van der Waals surface area contributed by atoms with Gasteiger partial charge in [0.25, 0.3) is 5.91 Å². The summed E-state index contributed by atoms with van der Waals surface area (Å²) in [6.45, 7) is 2.02. The standard InChI is InChI=1S/C16H24N4O2/c1-20(2)15(21)13-7-5-12(6-8-13)10-18-16(17)19-11-14-4-3-9-22-14/h5-8,14H,3-4,9-11H2,1-2H3,(H3,17,18,19). The van der Waals surface area contributed by atoms with E-state index in [1.54, 1.807) is 19.0 Å². The predicted molar refractivity (Wildman–Crippen MR) is 86.8 cm³/mol. The van der Waals surface area contributed by atoms with Crippen LogP contribution in [0, 0.1) is 0 Å². The molecule has 0 aliphatic carbocycles. The number of hydrogen-bond acceptors (Lipinski definition) is 3. The molecule has 1 aliphatic rings. The molecule has 6 heteroatoms. The summed E-state index contributed by atoms with van der Waals surface area (Å²) in [4.78, 5) is 17.6. The topological polar surface area (TPSA) is 80.0 Å². The molecule has 6 nitrogen and oxygen atoms in total. The van der Waals surface area contributed by atoms with Gasteiger partial charge in [-0.15, -0.1) is 0 Å². The molecule has 1 aromatic carbocycles. The fourth-order valence-corrected chi connectivity index (χ4v) is 2.27. The first-order valence-electron chi connectivity index (χ1n) is 7.52. The lowest BCUT2D eigenvalue weighted by Gasteiger charge is -2.11. The molecule has 0 spiro atoms. The van der Waals surface area contributed by atoms with E-state index in [2.05, 4.69) is 10.3 Å². The zero-order chi connectivity index (χ0) is 15.9. The van der Waals surface area contributed by atoms with Crippen molar-refractivity contribution < 1.29 is 9.53 Å². The van der Waals surface area contributed by atoms with Crippen LogP contribution in [-0.2, 0) is 11.3 Å². The summed E-state index contributed by atoms with van der Waals surface area (Å²) in [6.07, 6.45) is 2.42. The first-order chi connectivity index (χ1) is 10.6. The summed E-state index contributed by atoms with van der Waals surface area (Å²) < 4.78 is 5.51. The highest BCUT2D eigenvalue weighted by Crippen LogP contribution is 2.10. The Bertz CT molecular complexity index is 519. The summed E-state index contributed by atoms with van der Waals surface area (Å²) >= 11 is 0. The normalized spacial score (nSPS) is 18.3. The fraction of sp³-hybridized carbons (Fsp3) is 0.500. The lowest BCUT2D eigenvalue weighted by molar-refractivity contribution is 0.0827. The number of nitrogens with zero attached hydrogens (tertiary/aromatic N) is 2. The molecule has 1 amide bonds. The van der Waals surface area contributed by atoms with Crippen molar-refractivity contribution in [3.8, 4) is 0 Å². The molecule has 0 bridgehead atoms. The molecule has 1 aliphatic heterocycles. The van der Waals surface area contributed by atoms with E-state index in [0.29, 0.717) is 24.6 Å². The van der Waals surface area contributed by atoms with Crippen LogP contribution < -0.4 is 11.1 Å². The van der Waals surface area contributed by atoms with E-state index in [9.17, 15) is 4.79 Å². The number of carbonyl (C=O) groups excluding carboxylic acids is 1. The van der Waals surface area contributed by atoms with Crippen LogP contribution in [0.1, 0.15) is 28.8 Å². The van der Waals surface area contributed by atoms with Gasteiger partial charge < -0.3 is 20.7 Å². The summed E-state index contributed by atoms with van der Waals surface area (Å²) in [5, 5.41) is 3.08. The van der Waals surface area contributed by atoms with E-state index in [4.69, 9.17) is 10.5 Å². The maximum atomic E-state index is 11.8. The summed E-state index contributed by atoms with van der Waals surface area (Å²) in [5.41, 5.74) is 7.52. The molecule has 0 aromatic heterocycles. The van der Waals surface area contributed by atoms with Gasteiger partial charge in [-0.2, -0.15) is 0 Å². The average molecular weight is 304 g/mol. The number of rotatable bonds is 5. The third-order valence-corrected chi connectivity index (χ3v) is 3.57. The van der Waals surface area contributed by atoms with Crippen molar-refractivity contribution in [2.45, 2.75) is 25.5 Å². The molecule has 2 rings (SSSR count). The van der Waals surface area contributed by atoms with Gasteiger partial charge in [-0.25, -0.2) is 4.99 Å². The maximum absolute atomic E-state index is 11.8. The first-order valence-corrected chi connectivity index (χ1v) is 7.52. The molecular weight excluding hydrogens is 280 g/mol. The highest BCUT2D eigenvalue weighted by Gasteiger charge is 2.14. The van der Waals surface area contributed by atoms with Gasteiger partial charge >= 0.3 is 0 Å². The number of ether oxygens (including phenoxy) is 1. The molecular formula is C16H24N4O2. The SMILES string of the molecule is CN(C)C(=O)c1ccc(CN=C(N)NCC2CCCO2)cc1. The molecule has 0 radical (unpaired) electrons. The van der Waals surface area contributed by atoms with Crippen LogP contribution in [0.3, 0.4) is 0 Å². The molecule has 22 heavy (non-hydrogen) atoms. The number of guanidine groups is 1. The van der Waals surface area contributed by atoms with Gasteiger partial charge in [0.05, 0.1) is 12.6 Å². The fourth-order valence-electron chi connectivity index (χ4n) is 2.27. The van der Waals surface area contributed by atoms with Crippen molar-refractivity contribution in [1.29, 1.82) is 0 Å². The van der Waals surface area contributed by atoms with E-state index in [0.717, 1.165) is 25.0 Å². The highest BCUT2D eigenvalue weighted by atomic mass is 16.5. The van der Waals surface area contributed by atoms with Gasteiger partial charge in [0.15, 0.2) is 5.96 Å². The van der Waals surface area contributed by atoms with E-state index in [1.165, 1.54) is 0 Å². The molecule has 120 valence electrons. The Labute approximate surface area is 131 Å². The van der Waals surface area contributed by atoms with E-state index in [-0.39, 0.29) is 12.0 Å². The first kappa shape index (κ1) is 16.3. The lowest BCUT2D eigenvalue weighted by atomic mass is 10.1.